The summed E-state index contributed by atoms with van der Waals surface area (Å²) in [6.45, 7) is 29.3. The first-order valence-corrected chi connectivity index (χ1v) is 30.6. The molecule has 1 aliphatic heterocycles. The molecule has 1 aliphatic rings. The van der Waals surface area contributed by atoms with Crippen LogP contribution in [0.15, 0.2) is 12.2 Å². The highest BCUT2D eigenvalue weighted by Crippen LogP contribution is 2.26. The van der Waals surface area contributed by atoms with Crippen LogP contribution in [0.25, 0.3) is 0 Å². The van der Waals surface area contributed by atoms with E-state index in [1.54, 1.807) is 54.5 Å². The monoisotopic (exact) mass is 1200 g/mol. The van der Waals surface area contributed by atoms with Crippen LogP contribution >= 0.6 is 0 Å². The van der Waals surface area contributed by atoms with E-state index >= 15 is 9.59 Å². The van der Waals surface area contributed by atoms with Gasteiger partial charge in [-0.1, -0.05) is 109 Å². The largest absolute Gasteiger partial charge is 0.390 e. The van der Waals surface area contributed by atoms with Crippen LogP contribution in [-0.4, -0.2) is 227 Å². The van der Waals surface area contributed by atoms with Gasteiger partial charge in [-0.3, -0.25) is 52.7 Å². The van der Waals surface area contributed by atoms with Gasteiger partial charge < -0.3 is 60.7 Å². The van der Waals surface area contributed by atoms with Crippen LogP contribution in [0.2, 0.25) is 0 Å². The highest BCUT2D eigenvalue weighted by molar-refractivity contribution is 5.99. The Morgan fingerprint density at radius 1 is 0.459 bits per heavy atom. The molecule has 0 aromatic rings. The zero-order valence-electron chi connectivity index (χ0n) is 56.1. The first-order valence-electron chi connectivity index (χ1n) is 30.6. The van der Waals surface area contributed by atoms with E-state index < -0.39 is 156 Å². The smallest absolute Gasteiger partial charge is 0.246 e. The van der Waals surface area contributed by atoms with Gasteiger partial charge in [0.1, 0.15) is 60.4 Å². The summed E-state index contributed by atoms with van der Waals surface area (Å²) in [6, 6.07) is -12.3. The second-order valence-corrected chi connectivity index (χ2v) is 26.1. The maximum atomic E-state index is 15.1. The van der Waals surface area contributed by atoms with Crippen LogP contribution in [0.3, 0.4) is 0 Å². The van der Waals surface area contributed by atoms with Crippen molar-refractivity contribution in [3.05, 3.63) is 12.2 Å². The Hall–Kier alpha value is -6.13. The number of amides is 11. The molecule has 486 valence electrons. The van der Waals surface area contributed by atoms with Crippen LogP contribution in [-0.2, 0) is 52.7 Å². The molecule has 85 heavy (non-hydrogen) atoms. The molecule has 1 fully saturated rings. The SMILES string of the molecule is C/C=C/C[C@@H](C)[C@@H](O)[C@H]1C(=O)N[C@@H](CC)C(=O)N(C)CC(=O)N(C)[C@H](CC(C)C)C(=O)N[C@@H](C(C)C)C(=O)N(C)[C@@H](CC(C)C)C(=O)N[C@@H](C)C(=O)N[C@H](C)C(=O)N(C)[C@@H](CC(C)C)C(=O)N(C)[C@H](CC(C)C)C(=O)N(C)[C@@H](C(C)C)C(=O)N1C. The fraction of sp³-hybridized carbons (Fsp3) is 0.790. The summed E-state index contributed by atoms with van der Waals surface area (Å²) in [4.78, 5) is 169. The number of nitrogens with one attached hydrogen (secondary N) is 4. The molecule has 0 radical (unpaired) electrons. The Kier molecular flexibility index (Phi) is 31.5. The van der Waals surface area contributed by atoms with Crippen molar-refractivity contribution in [3.63, 3.8) is 0 Å². The predicted octanol–water partition coefficient (Wildman–Crippen LogP) is 3.27. The highest BCUT2D eigenvalue weighted by atomic mass is 16.3. The molecule has 0 aromatic carbocycles. The van der Waals surface area contributed by atoms with Gasteiger partial charge >= 0.3 is 0 Å². The number of nitrogens with zero attached hydrogens (tertiary/aromatic N) is 7. The molecule has 0 aliphatic carbocycles. The van der Waals surface area contributed by atoms with E-state index in [9.17, 15) is 48.3 Å². The fourth-order valence-corrected chi connectivity index (χ4v) is 10.7. The maximum Gasteiger partial charge on any atom is 0.246 e. The van der Waals surface area contributed by atoms with Gasteiger partial charge in [0.25, 0.3) is 0 Å². The van der Waals surface area contributed by atoms with Crippen LogP contribution in [0.4, 0.5) is 0 Å². The summed E-state index contributed by atoms with van der Waals surface area (Å²) in [7, 11) is 9.92. The minimum atomic E-state index is -1.61. The normalized spacial score (nSPS) is 26.9. The second kappa shape index (κ2) is 34.9. The number of likely N-dealkylation sites (N-methyl/N-ethyl adjacent to an activating group) is 7. The molecule has 0 unspecified atom stereocenters. The lowest BCUT2D eigenvalue weighted by Crippen LogP contribution is -2.63. The number of carbonyl (C=O) groups excluding carboxylic acids is 11. The molecule has 0 bridgehead atoms. The third kappa shape index (κ3) is 21.7. The van der Waals surface area contributed by atoms with Crippen molar-refractivity contribution in [2.24, 2.45) is 41.4 Å². The topological polar surface area (TPSA) is 279 Å². The lowest BCUT2D eigenvalue weighted by atomic mass is 9.91. The Bertz CT molecular complexity index is 2330. The Labute approximate surface area is 508 Å². The Balaban J connectivity index is 4.32. The Morgan fingerprint density at radius 2 is 0.871 bits per heavy atom. The quantitative estimate of drug-likeness (QED) is 0.148. The molecule has 0 aromatic heterocycles. The van der Waals surface area contributed by atoms with Crippen LogP contribution < -0.4 is 21.3 Å². The third-order valence-electron chi connectivity index (χ3n) is 16.1. The number of aliphatic hydroxyl groups is 1. The van der Waals surface area contributed by atoms with Crippen molar-refractivity contribution < 1.29 is 57.8 Å². The summed E-state index contributed by atoms with van der Waals surface area (Å²) in [6.07, 6.45) is 3.04. The maximum absolute atomic E-state index is 15.1. The van der Waals surface area contributed by atoms with E-state index in [2.05, 4.69) is 21.3 Å². The molecule has 23 heteroatoms. The number of hydrogen-bond acceptors (Lipinski definition) is 12. The number of hydrogen-bond donors (Lipinski definition) is 5. The molecule has 12 atom stereocenters. The third-order valence-corrected chi connectivity index (χ3v) is 16.1. The molecule has 5 N–H and O–H groups in total. The molecule has 1 saturated heterocycles. The zero-order chi connectivity index (χ0) is 66.0. The summed E-state index contributed by atoms with van der Waals surface area (Å²) < 4.78 is 0. The van der Waals surface area contributed by atoms with E-state index in [-0.39, 0.29) is 55.8 Å². The molecule has 23 nitrogen and oxygen atoms in total. The predicted molar refractivity (Wildman–Crippen MR) is 328 cm³/mol. The second-order valence-electron chi connectivity index (χ2n) is 26.1. The standard InChI is InChI=1S/C62H111N11O12/c1-25-27-28-40(15)52(75)51-56(79)65-43(26-2)58(81)67(18)33-48(74)68(19)44(29-34(3)4)55(78)66-49(38(11)12)61(84)69(20)45(30-35(5)6)54(77)63-41(16)53(76)64-42(17)57(80)70(21)46(31-36(7)8)59(82)71(22)47(32-37(9)10)60(83)72(23)50(39(13)14)62(85)73(51)24/h25,27,34-47,49-52,75H,26,28-33H2,1-24H3,(H,63,77)(H,64,76)(H,65,79)(H,66,78)/b27-25+/t40-,41+,42-,43+,44-,45+,46+,47-,49+,50+,51+,52-/m1/s1. The van der Waals surface area contributed by atoms with E-state index in [1.807, 2.05) is 61.5 Å². The van der Waals surface area contributed by atoms with Gasteiger partial charge in [-0.15, -0.1) is 0 Å². The average molecular weight is 1200 g/mol. The molecule has 11 amide bonds. The number of aliphatic hydroxyl groups excluding tert-OH is 1. The van der Waals surface area contributed by atoms with Crippen molar-refractivity contribution in [1.29, 1.82) is 0 Å². The first-order chi connectivity index (χ1) is 39.2. The van der Waals surface area contributed by atoms with Gasteiger partial charge in [0, 0.05) is 49.3 Å². The number of rotatable bonds is 15. The minimum Gasteiger partial charge on any atom is -0.390 e. The molecule has 0 saturated carbocycles. The van der Waals surface area contributed by atoms with Crippen molar-refractivity contribution in [2.75, 3.05) is 55.9 Å². The van der Waals surface area contributed by atoms with Gasteiger partial charge in [-0.05, 0) is 101 Å². The molecule has 1 heterocycles. The van der Waals surface area contributed by atoms with Gasteiger partial charge in [-0.2, -0.15) is 0 Å². The molecule has 0 spiro atoms. The average Bonchev–Trinajstić information content (AvgIpc) is 3.62. The summed E-state index contributed by atoms with van der Waals surface area (Å²) in [5.74, 6) is -9.71. The summed E-state index contributed by atoms with van der Waals surface area (Å²) in [5, 5.41) is 23.1. The minimum absolute atomic E-state index is 0.0229. The number of carbonyl (C=O) groups is 11. The van der Waals surface area contributed by atoms with Gasteiger partial charge in [0.2, 0.25) is 65.0 Å². The summed E-state index contributed by atoms with van der Waals surface area (Å²) in [5.41, 5.74) is 0. The van der Waals surface area contributed by atoms with Crippen molar-refractivity contribution >= 4 is 65.0 Å². The highest BCUT2D eigenvalue weighted by Gasteiger charge is 2.45. The van der Waals surface area contributed by atoms with E-state index in [0.29, 0.717) is 6.42 Å². The summed E-state index contributed by atoms with van der Waals surface area (Å²) >= 11 is 0. The van der Waals surface area contributed by atoms with E-state index in [0.717, 1.165) is 9.80 Å². The first kappa shape index (κ1) is 76.9. The van der Waals surface area contributed by atoms with E-state index in [1.165, 1.54) is 87.7 Å². The van der Waals surface area contributed by atoms with Gasteiger partial charge in [-0.25, -0.2) is 0 Å². The van der Waals surface area contributed by atoms with Crippen LogP contribution in [0.5, 0.6) is 0 Å². The lowest BCUT2D eigenvalue weighted by molar-refractivity contribution is -0.157. The molecule has 1 rings (SSSR count). The molecular formula is C62H111N11O12. The van der Waals surface area contributed by atoms with Gasteiger partial charge in [0.15, 0.2) is 0 Å². The molecular weight excluding hydrogens is 1090 g/mol. The fourth-order valence-electron chi connectivity index (χ4n) is 10.7. The van der Waals surface area contributed by atoms with Gasteiger partial charge in [0.05, 0.1) is 12.6 Å². The van der Waals surface area contributed by atoms with Crippen molar-refractivity contribution in [2.45, 2.75) is 223 Å². The van der Waals surface area contributed by atoms with Crippen LogP contribution in [0.1, 0.15) is 156 Å². The lowest BCUT2D eigenvalue weighted by Gasteiger charge is -2.41. The number of allylic oxidation sites excluding steroid dienone is 2. The van der Waals surface area contributed by atoms with Crippen molar-refractivity contribution in [3.8, 4) is 0 Å². The zero-order valence-corrected chi connectivity index (χ0v) is 56.1. The Morgan fingerprint density at radius 3 is 1.32 bits per heavy atom. The van der Waals surface area contributed by atoms with Crippen molar-refractivity contribution in [1.82, 2.24) is 55.6 Å². The van der Waals surface area contributed by atoms with Crippen LogP contribution in [0, 0.1) is 41.4 Å². The van der Waals surface area contributed by atoms with E-state index in [4.69, 9.17) is 0 Å².